The van der Waals surface area contributed by atoms with Gasteiger partial charge in [0, 0.05) is 27.5 Å². The van der Waals surface area contributed by atoms with E-state index in [2.05, 4.69) is 140 Å². The third kappa shape index (κ3) is 5.95. The van der Waals surface area contributed by atoms with Crippen LogP contribution in [0.5, 0.6) is 0 Å². The van der Waals surface area contributed by atoms with E-state index in [4.69, 9.17) is 9.97 Å². The molecule has 0 atom stereocenters. The first-order chi connectivity index (χ1) is 26.0. The average Bonchev–Trinajstić information content (AvgIpc) is 3.54. The van der Waals surface area contributed by atoms with E-state index in [9.17, 15) is 5.26 Å². The normalized spacial score (nSPS) is 11.2. The molecule has 4 heteroatoms. The van der Waals surface area contributed by atoms with Crippen LogP contribution in [0.3, 0.4) is 0 Å². The van der Waals surface area contributed by atoms with Crippen molar-refractivity contribution < 1.29 is 0 Å². The number of aromatic nitrogens is 3. The Balaban J connectivity index is 1.33. The number of nitriles is 1. The Bertz CT molecular complexity index is 2700. The van der Waals surface area contributed by atoms with Crippen LogP contribution in [-0.2, 0) is 0 Å². The molecule has 0 aliphatic rings. The van der Waals surface area contributed by atoms with E-state index in [1.807, 2.05) is 54.6 Å². The van der Waals surface area contributed by atoms with Crippen molar-refractivity contribution in [2.24, 2.45) is 0 Å². The Hall–Kier alpha value is -7.09. The molecule has 2 heterocycles. The van der Waals surface area contributed by atoms with Crippen LogP contribution in [0, 0.1) is 25.2 Å². The van der Waals surface area contributed by atoms with Gasteiger partial charge < -0.3 is 4.57 Å². The highest BCUT2D eigenvalue weighted by atomic mass is 15.0. The predicted octanol–water partition coefficient (Wildman–Crippen LogP) is 12.4. The maximum Gasteiger partial charge on any atom is 0.162 e. The molecule has 0 amide bonds. The van der Waals surface area contributed by atoms with Gasteiger partial charge in [-0.15, -0.1) is 0 Å². The highest BCUT2D eigenvalue weighted by Crippen LogP contribution is 2.40. The molecule has 0 saturated carbocycles. The maximum absolute atomic E-state index is 10.2. The molecule has 0 saturated heterocycles. The summed E-state index contributed by atoms with van der Waals surface area (Å²) in [6.07, 6.45) is 0. The van der Waals surface area contributed by atoms with Crippen molar-refractivity contribution in [2.75, 3.05) is 0 Å². The molecular formula is C49H34N4. The van der Waals surface area contributed by atoms with Crippen molar-refractivity contribution in [3.63, 3.8) is 0 Å². The molecule has 4 nitrogen and oxygen atoms in total. The number of hydrogen-bond acceptors (Lipinski definition) is 3. The Labute approximate surface area is 308 Å². The van der Waals surface area contributed by atoms with Crippen LogP contribution in [0.4, 0.5) is 0 Å². The molecule has 7 aromatic carbocycles. The van der Waals surface area contributed by atoms with Gasteiger partial charge in [-0.3, -0.25) is 0 Å². The van der Waals surface area contributed by atoms with Gasteiger partial charge in [0.25, 0.3) is 0 Å². The highest BCUT2D eigenvalue weighted by molar-refractivity contribution is 6.12. The van der Waals surface area contributed by atoms with Crippen molar-refractivity contribution in [2.45, 2.75) is 13.8 Å². The van der Waals surface area contributed by atoms with E-state index in [1.54, 1.807) is 0 Å². The van der Waals surface area contributed by atoms with Crippen LogP contribution < -0.4 is 0 Å². The smallest absolute Gasteiger partial charge is 0.162 e. The van der Waals surface area contributed by atoms with Gasteiger partial charge in [-0.25, -0.2) is 9.97 Å². The minimum atomic E-state index is 0.564. The van der Waals surface area contributed by atoms with E-state index in [0.29, 0.717) is 11.4 Å². The van der Waals surface area contributed by atoms with Crippen molar-refractivity contribution >= 4 is 21.8 Å². The summed E-state index contributed by atoms with van der Waals surface area (Å²) in [4.78, 5) is 10.4. The first-order valence-corrected chi connectivity index (χ1v) is 17.8. The van der Waals surface area contributed by atoms with Crippen LogP contribution in [0.2, 0.25) is 0 Å². The van der Waals surface area contributed by atoms with E-state index < -0.39 is 0 Å². The van der Waals surface area contributed by atoms with Gasteiger partial charge in [0.05, 0.1) is 39.7 Å². The lowest BCUT2D eigenvalue weighted by atomic mass is 9.99. The molecule has 2 aromatic heterocycles. The topological polar surface area (TPSA) is 54.5 Å². The molecule has 0 aliphatic heterocycles. The van der Waals surface area contributed by atoms with Gasteiger partial charge in [0.1, 0.15) is 0 Å². The maximum atomic E-state index is 10.2. The Kier molecular flexibility index (Phi) is 7.95. The zero-order valence-corrected chi connectivity index (χ0v) is 29.5. The minimum Gasteiger partial charge on any atom is -0.308 e. The van der Waals surface area contributed by atoms with Gasteiger partial charge in [-0.1, -0.05) is 132 Å². The van der Waals surface area contributed by atoms with Crippen LogP contribution in [0.25, 0.3) is 83.6 Å². The fourth-order valence-electron chi connectivity index (χ4n) is 7.35. The summed E-state index contributed by atoms with van der Waals surface area (Å²) in [7, 11) is 0. The molecule has 9 rings (SSSR count). The van der Waals surface area contributed by atoms with Gasteiger partial charge in [-0.05, 0) is 84.6 Å². The van der Waals surface area contributed by atoms with E-state index in [1.165, 1.54) is 22.3 Å². The Morgan fingerprint density at radius 2 is 0.943 bits per heavy atom. The zero-order chi connectivity index (χ0) is 35.9. The number of hydrogen-bond donors (Lipinski definition) is 0. The quantitative estimate of drug-likeness (QED) is 0.176. The largest absolute Gasteiger partial charge is 0.308 e. The van der Waals surface area contributed by atoms with Gasteiger partial charge in [0.2, 0.25) is 0 Å². The number of aryl methyl sites for hydroxylation is 2. The molecule has 0 spiro atoms. The van der Waals surface area contributed by atoms with Gasteiger partial charge >= 0.3 is 0 Å². The van der Waals surface area contributed by atoms with Gasteiger partial charge in [0.15, 0.2) is 5.82 Å². The molecular weight excluding hydrogens is 645 g/mol. The van der Waals surface area contributed by atoms with Crippen molar-refractivity contribution in [3.8, 4) is 67.9 Å². The second-order valence-corrected chi connectivity index (χ2v) is 13.6. The van der Waals surface area contributed by atoms with E-state index >= 15 is 0 Å². The first-order valence-electron chi connectivity index (χ1n) is 17.8. The predicted molar refractivity (Wildman–Crippen MR) is 218 cm³/mol. The first kappa shape index (κ1) is 31.9. The lowest BCUT2D eigenvalue weighted by Gasteiger charge is -2.16. The molecule has 0 aliphatic carbocycles. The average molecular weight is 679 g/mol. The summed E-state index contributed by atoms with van der Waals surface area (Å²) in [5, 5.41) is 12.5. The Morgan fingerprint density at radius 1 is 0.453 bits per heavy atom. The van der Waals surface area contributed by atoms with Crippen LogP contribution in [-0.4, -0.2) is 14.5 Å². The van der Waals surface area contributed by atoms with E-state index in [-0.39, 0.29) is 0 Å². The van der Waals surface area contributed by atoms with Crippen molar-refractivity contribution in [1.29, 1.82) is 5.26 Å². The summed E-state index contributed by atoms with van der Waals surface area (Å²) in [5.41, 5.74) is 15.1. The monoisotopic (exact) mass is 678 g/mol. The molecule has 53 heavy (non-hydrogen) atoms. The number of nitrogens with zero attached hydrogens (tertiary/aromatic N) is 4. The third-order valence-corrected chi connectivity index (χ3v) is 9.94. The summed E-state index contributed by atoms with van der Waals surface area (Å²) < 4.78 is 2.28. The Morgan fingerprint density at radius 3 is 1.43 bits per heavy atom. The summed E-state index contributed by atoms with van der Waals surface area (Å²) in [6.45, 7) is 4.26. The summed E-state index contributed by atoms with van der Waals surface area (Å²) in [6, 6.07) is 61.4. The zero-order valence-electron chi connectivity index (χ0n) is 29.5. The van der Waals surface area contributed by atoms with Crippen LogP contribution >= 0.6 is 0 Å². The fraction of sp³-hybridized carbons (Fsp3) is 0.0408. The number of fused-ring (bicyclic) bond motifs is 3. The SMILES string of the molecule is Cc1cccc(-c2ccc3c(c2)c2cc(-c4cccc(C)c4)ccc2n3-c2cc(C#N)ccc2-c2nc(-c3ccccc3)cc(-c3ccccc3)n2)c1. The number of rotatable bonds is 6. The van der Waals surface area contributed by atoms with E-state index in [0.717, 1.165) is 66.7 Å². The molecule has 250 valence electrons. The molecule has 9 aromatic rings. The molecule has 0 unspecified atom stereocenters. The van der Waals surface area contributed by atoms with Crippen molar-refractivity contribution in [1.82, 2.24) is 14.5 Å². The van der Waals surface area contributed by atoms with Crippen LogP contribution in [0.15, 0.2) is 170 Å². The highest BCUT2D eigenvalue weighted by Gasteiger charge is 2.20. The fourth-order valence-corrected chi connectivity index (χ4v) is 7.35. The molecule has 0 N–H and O–H groups in total. The second-order valence-electron chi connectivity index (χ2n) is 13.6. The van der Waals surface area contributed by atoms with Crippen LogP contribution in [0.1, 0.15) is 16.7 Å². The second kappa shape index (κ2) is 13.2. The lowest BCUT2D eigenvalue weighted by Crippen LogP contribution is -2.02. The standard InChI is InChI=1S/C49H34N4/c1-32-11-9-17-37(25-32)39-20-23-46-42(28-39)43-29-40(38-18-10-12-33(2)26-38)21-24-47(43)53(46)48-27-34(31-50)19-22-41(48)49-51-44(35-13-5-3-6-14-35)30-45(52-49)36-15-7-4-8-16-36/h3-30H,1-2H3. The molecule has 0 fully saturated rings. The van der Waals surface area contributed by atoms with Gasteiger partial charge in [-0.2, -0.15) is 5.26 Å². The molecule has 0 radical (unpaired) electrons. The lowest BCUT2D eigenvalue weighted by molar-refractivity contribution is 1.14. The minimum absolute atomic E-state index is 0.564. The van der Waals surface area contributed by atoms with Crippen molar-refractivity contribution in [3.05, 3.63) is 187 Å². The summed E-state index contributed by atoms with van der Waals surface area (Å²) >= 11 is 0. The molecule has 0 bridgehead atoms. The summed E-state index contributed by atoms with van der Waals surface area (Å²) in [5.74, 6) is 0.590. The number of benzene rings is 7. The third-order valence-electron chi connectivity index (χ3n) is 9.94.